The number of aromatic nitrogens is 5. The molecule has 41 heavy (non-hydrogen) atoms. The van der Waals surface area contributed by atoms with Gasteiger partial charge in [0, 0.05) is 51.5 Å². The first-order chi connectivity index (χ1) is 19.6. The molecule has 4 aromatic heterocycles. The normalized spacial score (nSPS) is 14.2. The van der Waals surface area contributed by atoms with E-state index in [0.29, 0.717) is 44.3 Å². The Balaban J connectivity index is 1.49. The molecule has 5 rings (SSSR count). The van der Waals surface area contributed by atoms with Crippen molar-refractivity contribution in [3.05, 3.63) is 70.2 Å². The first-order valence-corrected chi connectivity index (χ1v) is 12.3. The lowest BCUT2D eigenvalue weighted by molar-refractivity contribution is -0.138. The lowest BCUT2D eigenvalue weighted by Crippen LogP contribution is -2.36. The molecule has 0 atom stereocenters. The molecule has 0 aromatic carbocycles. The van der Waals surface area contributed by atoms with Gasteiger partial charge < -0.3 is 34.6 Å². The number of rotatable bonds is 6. The fourth-order valence-electron chi connectivity index (χ4n) is 4.39. The maximum absolute atomic E-state index is 13.3. The minimum atomic E-state index is -4.67. The van der Waals surface area contributed by atoms with Crippen LogP contribution >= 0.6 is 0 Å². The van der Waals surface area contributed by atoms with Crippen LogP contribution in [0.15, 0.2) is 47.8 Å². The summed E-state index contributed by atoms with van der Waals surface area (Å²) in [4.78, 5) is 27.6. The lowest BCUT2D eigenvalue weighted by atomic mass is 10.2. The van der Waals surface area contributed by atoms with E-state index < -0.39 is 17.3 Å². The fourth-order valence-corrected chi connectivity index (χ4v) is 4.39. The van der Waals surface area contributed by atoms with Crippen LogP contribution in [0.25, 0.3) is 16.9 Å². The van der Waals surface area contributed by atoms with Crippen LogP contribution in [-0.2, 0) is 25.0 Å². The number of halogens is 3. The van der Waals surface area contributed by atoms with E-state index in [4.69, 9.17) is 15.2 Å². The van der Waals surface area contributed by atoms with Gasteiger partial charge in [0.1, 0.15) is 28.5 Å². The third-order valence-corrected chi connectivity index (χ3v) is 6.48. The van der Waals surface area contributed by atoms with Gasteiger partial charge in [-0.05, 0) is 18.2 Å². The molecule has 1 saturated heterocycles. The summed E-state index contributed by atoms with van der Waals surface area (Å²) >= 11 is 0. The first-order valence-electron chi connectivity index (χ1n) is 12.3. The van der Waals surface area contributed by atoms with E-state index in [2.05, 4.69) is 31.2 Å². The average molecular weight is 568 g/mol. The van der Waals surface area contributed by atoms with E-state index in [1.807, 2.05) is 12.1 Å². The van der Waals surface area contributed by atoms with Crippen molar-refractivity contribution < 1.29 is 22.6 Å². The molecule has 0 amide bonds. The molecule has 0 unspecified atom stereocenters. The van der Waals surface area contributed by atoms with Crippen LogP contribution in [0.1, 0.15) is 16.8 Å². The highest BCUT2D eigenvalue weighted by atomic mass is 19.4. The van der Waals surface area contributed by atoms with Crippen LogP contribution in [0, 0.1) is 11.3 Å². The Morgan fingerprint density at radius 1 is 1.24 bits per heavy atom. The molecule has 1 aliphatic heterocycles. The average Bonchev–Trinajstić information content (AvgIpc) is 3.28. The van der Waals surface area contributed by atoms with E-state index in [1.165, 1.54) is 31.1 Å². The Hall–Kier alpha value is -5.10. The molecular formula is C26H24F3N9O3. The summed E-state index contributed by atoms with van der Waals surface area (Å²) in [5, 5.41) is 12.7. The number of aryl methyl sites for hydroxylation is 2. The largest absolute Gasteiger partial charge is 0.450 e. The minimum absolute atomic E-state index is 0.00737. The Morgan fingerprint density at radius 3 is 2.68 bits per heavy atom. The Labute approximate surface area is 231 Å². The predicted octanol–water partition coefficient (Wildman–Crippen LogP) is 2.87. The van der Waals surface area contributed by atoms with Crippen molar-refractivity contribution in [1.82, 2.24) is 24.1 Å². The maximum atomic E-state index is 13.3. The van der Waals surface area contributed by atoms with Crippen molar-refractivity contribution in [3.8, 4) is 11.8 Å². The van der Waals surface area contributed by atoms with Crippen LogP contribution in [0.5, 0.6) is 5.75 Å². The number of fused-ring (bicyclic) bond motifs is 1. The van der Waals surface area contributed by atoms with Crippen LogP contribution < -0.4 is 26.2 Å². The number of nitriles is 1. The zero-order valence-electron chi connectivity index (χ0n) is 21.9. The van der Waals surface area contributed by atoms with Crippen molar-refractivity contribution in [2.24, 2.45) is 19.8 Å². The second kappa shape index (κ2) is 10.8. The van der Waals surface area contributed by atoms with E-state index in [0.717, 1.165) is 10.3 Å². The molecule has 0 aliphatic carbocycles. The Kier molecular flexibility index (Phi) is 7.24. The van der Waals surface area contributed by atoms with Gasteiger partial charge in [-0.3, -0.25) is 9.78 Å². The molecule has 5 heterocycles. The standard InChI is InChI=1S/C26H24F3N9O3/c1-36-14-15(26(27,28)29)9-19(24(36)39)34-25-35-23-22(37(25)2)17(11-30)21(13-33-23)41-20(12-31)18-10-16(3-4-32-18)38-5-7-40-8-6-38/h3-4,9-10,12-14H,5-8,31H2,1-2H3,(H,33,34,35). The monoisotopic (exact) mass is 567 g/mol. The summed E-state index contributed by atoms with van der Waals surface area (Å²) in [5.41, 5.74) is 5.50. The van der Waals surface area contributed by atoms with Gasteiger partial charge in [0.25, 0.3) is 5.56 Å². The zero-order valence-corrected chi connectivity index (χ0v) is 21.9. The number of hydrogen-bond donors (Lipinski definition) is 2. The summed E-state index contributed by atoms with van der Waals surface area (Å²) in [6.07, 6.45) is 0.166. The first kappa shape index (κ1) is 27.5. The Morgan fingerprint density at radius 2 is 2.00 bits per heavy atom. The molecule has 0 bridgehead atoms. The molecule has 0 saturated carbocycles. The van der Waals surface area contributed by atoms with Gasteiger partial charge in [-0.1, -0.05) is 0 Å². The van der Waals surface area contributed by atoms with Crippen molar-refractivity contribution in [1.29, 1.82) is 5.26 Å². The maximum Gasteiger partial charge on any atom is 0.417 e. The van der Waals surface area contributed by atoms with Gasteiger partial charge in [-0.15, -0.1) is 0 Å². The number of imidazole rings is 1. The number of morpholine rings is 1. The second-order valence-corrected chi connectivity index (χ2v) is 9.09. The highest BCUT2D eigenvalue weighted by Gasteiger charge is 2.32. The summed E-state index contributed by atoms with van der Waals surface area (Å²) in [5.74, 6) is 0.220. The third-order valence-electron chi connectivity index (χ3n) is 6.48. The lowest BCUT2D eigenvalue weighted by Gasteiger charge is -2.29. The summed E-state index contributed by atoms with van der Waals surface area (Å²) < 4.78 is 53.6. The minimum Gasteiger partial charge on any atom is -0.450 e. The molecule has 3 N–H and O–H groups in total. The quantitative estimate of drug-likeness (QED) is 0.333. The van der Waals surface area contributed by atoms with Gasteiger partial charge >= 0.3 is 6.18 Å². The molecule has 212 valence electrons. The molecule has 0 spiro atoms. The number of pyridine rings is 3. The van der Waals surface area contributed by atoms with Gasteiger partial charge in [0.2, 0.25) is 5.95 Å². The topological polar surface area (TPSA) is 149 Å². The molecule has 12 nitrogen and oxygen atoms in total. The number of alkyl halides is 3. The second-order valence-electron chi connectivity index (χ2n) is 9.09. The van der Waals surface area contributed by atoms with Gasteiger partial charge in [-0.2, -0.15) is 23.4 Å². The van der Waals surface area contributed by atoms with E-state index in [1.54, 1.807) is 6.20 Å². The van der Waals surface area contributed by atoms with Crippen LogP contribution in [0.2, 0.25) is 0 Å². The summed E-state index contributed by atoms with van der Waals surface area (Å²) in [6.45, 7) is 2.65. The van der Waals surface area contributed by atoms with Crippen molar-refractivity contribution in [2.45, 2.75) is 6.18 Å². The van der Waals surface area contributed by atoms with Crippen LogP contribution in [0.3, 0.4) is 0 Å². The highest BCUT2D eigenvalue weighted by molar-refractivity contribution is 5.84. The molecule has 15 heteroatoms. The van der Waals surface area contributed by atoms with Crippen molar-refractivity contribution in [3.63, 3.8) is 0 Å². The van der Waals surface area contributed by atoms with Crippen molar-refractivity contribution in [2.75, 3.05) is 36.5 Å². The zero-order chi connectivity index (χ0) is 29.3. The molecule has 1 aliphatic rings. The molecule has 0 radical (unpaired) electrons. The number of anilines is 3. The third kappa shape index (κ3) is 5.37. The van der Waals surface area contributed by atoms with Gasteiger partial charge in [0.15, 0.2) is 17.2 Å². The molecule has 4 aromatic rings. The van der Waals surface area contributed by atoms with Crippen LogP contribution in [0.4, 0.5) is 30.5 Å². The SMILES string of the molecule is Cn1cc(C(F)(F)F)cc(Nc2nc3ncc(OC(=CN)c4cc(N5CCOCC5)ccn4)c(C#N)c3n2C)c1=O. The van der Waals surface area contributed by atoms with Gasteiger partial charge in [0.05, 0.1) is 25.0 Å². The number of ether oxygens (including phenoxy) is 2. The van der Waals surface area contributed by atoms with Crippen LogP contribution in [-0.4, -0.2) is 50.4 Å². The van der Waals surface area contributed by atoms with Crippen molar-refractivity contribution >= 4 is 34.2 Å². The molecule has 1 fully saturated rings. The highest BCUT2D eigenvalue weighted by Crippen LogP contribution is 2.33. The number of nitrogens with two attached hydrogens (primary N) is 1. The number of nitrogens with one attached hydrogen (secondary N) is 1. The van der Waals surface area contributed by atoms with E-state index in [-0.39, 0.29) is 39.9 Å². The summed E-state index contributed by atoms with van der Waals surface area (Å²) in [6, 6.07) is 6.44. The van der Waals surface area contributed by atoms with Gasteiger partial charge in [-0.25, -0.2) is 4.98 Å². The fraction of sp³-hybridized carbons (Fsp3) is 0.269. The predicted molar refractivity (Wildman–Crippen MR) is 143 cm³/mol. The van der Waals surface area contributed by atoms with E-state index >= 15 is 0 Å². The number of hydrogen-bond acceptors (Lipinski definition) is 10. The molecular weight excluding hydrogens is 543 g/mol. The Bertz CT molecular complexity index is 1750. The smallest absolute Gasteiger partial charge is 0.417 e. The van der Waals surface area contributed by atoms with E-state index in [9.17, 15) is 23.2 Å². The number of nitrogens with zero attached hydrogens (tertiary/aromatic N) is 7. The summed E-state index contributed by atoms with van der Waals surface area (Å²) in [7, 11) is 2.74.